The van der Waals surface area contributed by atoms with Gasteiger partial charge in [-0.25, -0.2) is 9.97 Å². The molecule has 0 unspecified atom stereocenters. The second-order valence-corrected chi connectivity index (χ2v) is 6.98. The molecule has 146 valence electrons. The number of piperazine rings is 1. The van der Waals surface area contributed by atoms with E-state index in [4.69, 9.17) is 5.73 Å². The summed E-state index contributed by atoms with van der Waals surface area (Å²) in [6.07, 6.45) is 11.4. The number of rotatable bonds is 5. The molecule has 0 atom stereocenters. The van der Waals surface area contributed by atoms with E-state index >= 15 is 0 Å². The fourth-order valence-corrected chi connectivity index (χ4v) is 3.62. The molecule has 0 amide bonds. The third-order valence-corrected chi connectivity index (χ3v) is 5.11. The highest BCUT2D eigenvalue weighted by molar-refractivity contribution is 14.0. The molecule has 1 saturated heterocycles. The number of nitrogens with zero attached hydrogens (tertiary/aromatic N) is 5. The molecule has 3 N–H and O–H groups in total. The Hall–Kier alpha value is -1.16. The smallest absolute Gasteiger partial charge is 0.225 e. The number of nitrogens with two attached hydrogens (primary N) is 1. The first-order valence-corrected chi connectivity index (χ1v) is 9.62. The first-order chi connectivity index (χ1) is 12.3. The molecular formula is C18H32IN7. The van der Waals surface area contributed by atoms with Crippen molar-refractivity contribution in [1.29, 1.82) is 0 Å². The second-order valence-electron chi connectivity index (χ2n) is 6.98. The van der Waals surface area contributed by atoms with Crippen molar-refractivity contribution < 1.29 is 0 Å². The van der Waals surface area contributed by atoms with Crippen molar-refractivity contribution >= 4 is 35.9 Å². The van der Waals surface area contributed by atoms with Crippen LogP contribution in [0.25, 0.3) is 0 Å². The van der Waals surface area contributed by atoms with Crippen molar-refractivity contribution in [2.24, 2.45) is 10.7 Å². The highest BCUT2D eigenvalue weighted by atomic mass is 127. The monoisotopic (exact) mass is 473 g/mol. The lowest BCUT2D eigenvalue weighted by Crippen LogP contribution is -2.48. The van der Waals surface area contributed by atoms with E-state index in [0.29, 0.717) is 12.0 Å². The molecule has 0 spiro atoms. The molecule has 1 aliphatic carbocycles. The van der Waals surface area contributed by atoms with Crippen molar-refractivity contribution in [2.75, 3.05) is 44.2 Å². The number of guanidine groups is 1. The summed E-state index contributed by atoms with van der Waals surface area (Å²) in [6.45, 7) is 5.67. The number of hydrogen-bond donors (Lipinski definition) is 2. The fraction of sp³-hybridized carbons (Fsp3) is 0.722. The van der Waals surface area contributed by atoms with E-state index in [9.17, 15) is 0 Å². The Labute approximate surface area is 173 Å². The van der Waals surface area contributed by atoms with Crippen molar-refractivity contribution in [3.63, 3.8) is 0 Å². The maximum absolute atomic E-state index is 6.06. The largest absolute Gasteiger partial charge is 0.370 e. The normalized spacial score (nSPS) is 20.3. The number of halogens is 1. The average Bonchev–Trinajstić information content (AvgIpc) is 2.92. The minimum atomic E-state index is 0. The number of aliphatic imine (C=N–C) groups is 1. The summed E-state index contributed by atoms with van der Waals surface area (Å²) in [7, 11) is 0. The molecule has 1 aromatic rings. The third-order valence-electron chi connectivity index (χ3n) is 5.11. The molecule has 3 rings (SSSR count). The Bertz CT molecular complexity index is 524. The third kappa shape index (κ3) is 6.86. The van der Waals surface area contributed by atoms with Gasteiger partial charge in [0.25, 0.3) is 0 Å². The van der Waals surface area contributed by atoms with Crippen molar-refractivity contribution in [3.05, 3.63) is 18.5 Å². The van der Waals surface area contributed by atoms with Crippen molar-refractivity contribution in [1.82, 2.24) is 20.2 Å². The van der Waals surface area contributed by atoms with Gasteiger partial charge in [-0.2, -0.15) is 0 Å². The van der Waals surface area contributed by atoms with Crippen LogP contribution in [0.4, 0.5) is 5.95 Å². The zero-order chi connectivity index (χ0) is 17.3. The van der Waals surface area contributed by atoms with Gasteiger partial charge >= 0.3 is 0 Å². The minimum absolute atomic E-state index is 0. The van der Waals surface area contributed by atoms with Crippen molar-refractivity contribution in [2.45, 2.75) is 44.6 Å². The van der Waals surface area contributed by atoms with Gasteiger partial charge in [-0.1, -0.05) is 25.7 Å². The Balaban J connectivity index is 0.00000243. The van der Waals surface area contributed by atoms with Gasteiger partial charge in [0.05, 0.1) is 6.54 Å². The first-order valence-electron chi connectivity index (χ1n) is 9.62. The Morgan fingerprint density at radius 3 is 2.38 bits per heavy atom. The predicted octanol–water partition coefficient (Wildman–Crippen LogP) is 1.84. The maximum atomic E-state index is 6.06. The van der Waals surface area contributed by atoms with E-state index in [-0.39, 0.29) is 24.0 Å². The van der Waals surface area contributed by atoms with Gasteiger partial charge in [0.2, 0.25) is 5.95 Å². The molecular weight excluding hydrogens is 441 g/mol. The molecule has 7 nitrogen and oxygen atoms in total. The van der Waals surface area contributed by atoms with Gasteiger partial charge in [0, 0.05) is 51.2 Å². The van der Waals surface area contributed by atoms with Crippen LogP contribution in [0.5, 0.6) is 0 Å². The van der Waals surface area contributed by atoms with E-state index in [1.165, 1.54) is 38.5 Å². The zero-order valence-corrected chi connectivity index (χ0v) is 17.8. The highest BCUT2D eigenvalue weighted by Crippen LogP contribution is 2.16. The molecule has 0 bridgehead atoms. The lowest BCUT2D eigenvalue weighted by molar-refractivity contribution is 0.263. The van der Waals surface area contributed by atoms with Crippen LogP contribution >= 0.6 is 24.0 Å². The van der Waals surface area contributed by atoms with E-state index in [1.807, 2.05) is 6.07 Å². The summed E-state index contributed by atoms with van der Waals surface area (Å²) in [6, 6.07) is 2.37. The fourth-order valence-electron chi connectivity index (χ4n) is 3.62. The molecule has 1 aromatic heterocycles. The summed E-state index contributed by atoms with van der Waals surface area (Å²) in [5.74, 6) is 1.44. The Morgan fingerprint density at radius 1 is 1.08 bits per heavy atom. The SMILES string of the molecule is I.NC(=NCCN1CCN(c2ncccn2)CC1)NC1CCCCCC1. The summed E-state index contributed by atoms with van der Waals surface area (Å²) >= 11 is 0. The first kappa shape index (κ1) is 21.1. The van der Waals surface area contributed by atoms with Gasteiger partial charge in [-0.3, -0.25) is 9.89 Å². The number of nitrogens with one attached hydrogen (secondary N) is 1. The summed E-state index contributed by atoms with van der Waals surface area (Å²) in [4.78, 5) is 17.8. The van der Waals surface area contributed by atoms with Gasteiger partial charge in [0.1, 0.15) is 0 Å². The summed E-state index contributed by atoms with van der Waals surface area (Å²) in [5, 5.41) is 3.41. The minimum Gasteiger partial charge on any atom is -0.370 e. The standard InChI is InChI=1S/C18H31N7.HI/c19-17(23-16-6-3-1-2-4-7-16)20-10-11-24-12-14-25(15-13-24)18-21-8-5-9-22-18;/h5,8-9,16H,1-4,6-7,10-15H2,(H3,19,20,23);1H. The number of aromatic nitrogens is 2. The molecule has 2 fully saturated rings. The van der Waals surface area contributed by atoms with Crippen LogP contribution in [0.1, 0.15) is 38.5 Å². The summed E-state index contributed by atoms with van der Waals surface area (Å²) < 4.78 is 0. The van der Waals surface area contributed by atoms with Crippen molar-refractivity contribution in [3.8, 4) is 0 Å². The Morgan fingerprint density at radius 2 is 1.73 bits per heavy atom. The van der Waals surface area contributed by atoms with Crippen LogP contribution in [0, 0.1) is 0 Å². The van der Waals surface area contributed by atoms with Gasteiger partial charge in [-0.15, -0.1) is 24.0 Å². The van der Waals surface area contributed by atoms with Crippen LogP contribution in [0.15, 0.2) is 23.5 Å². The van der Waals surface area contributed by atoms with E-state index in [1.54, 1.807) is 12.4 Å². The number of hydrogen-bond acceptors (Lipinski definition) is 5. The average molecular weight is 473 g/mol. The maximum Gasteiger partial charge on any atom is 0.225 e. The van der Waals surface area contributed by atoms with Crippen LogP contribution in [0.3, 0.4) is 0 Å². The van der Waals surface area contributed by atoms with E-state index in [2.05, 4.69) is 30.1 Å². The molecule has 1 aliphatic heterocycles. The lowest BCUT2D eigenvalue weighted by atomic mass is 10.1. The molecule has 0 radical (unpaired) electrons. The highest BCUT2D eigenvalue weighted by Gasteiger charge is 2.18. The zero-order valence-electron chi connectivity index (χ0n) is 15.5. The van der Waals surface area contributed by atoms with Crippen LogP contribution < -0.4 is 16.0 Å². The number of anilines is 1. The second kappa shape index (κ2) is 11.5. The van der Waals surface area contributed by atoms with E-state index < -0.39 is 0 Å². The van der Waals surface area contributed by atoms with Crippen LogP contribution in [-0.2, 0) is 0 Å². The van der Waals surface area contributed by atoms with Gasteiger partial charge < -0.3 is 16.0 Å². The predicted molar refractivity (Wildman–Crippen MR) is 117 cm³/mol. The summed E-state index contributed by atoms with van der Waals surface area (Å²) in [5.41, 5.74) is 6.06. The van der Waals surface area contributed by atoms with Crippen LogP contribution in [0.2, 0.25) is 0 Å². The van der Waals surface area contributed by atoms with Gasteiger partial charge in [0.15, 0.2) is 5.96 Å². The van der Waals surface area contributed by atoms with Gasteiger partial charge in [-0.05, 0) is 18.9 Å². The molecule has 8 heteroatoms. The molecule has 1 saturated carbocycles. The van der Waals surface area contributed by atoms with E-state index in [0.717, 1.165) is 45.2 Å². The van der Waals surface area contributed by atoms with Crippen LogP contribution in [-0.4, -0.2) is 66.1 Å². The molecule has 0 aromatic carbocycles. The molecule has 26 heavy (non-hydrogen) atoms. The topological polar surface area (TPSA) is 82.7 Å². The Kier molecular flexibility index (Phi) is 9.38. The molecule has 2 aliphatic rings. The quantitative estimate of drug-likeness (QED) is 0.294. The lowest BCUT2D eigenvalue weighted by Gasteiger charge is -2.34. The molecule has 2 heterocycles.